The van der Waals surface area contributed by atoms with Crippen molar-refractivity contribution in [2.75, 3.05) is 0 Å². The topological polar surface area (TPSA) is 90.5 Å². The molecule has 0 atom stereocenters. The van der Waals surface area contributed by atoms with E-state index in [4.69, 9.17) is 5.26 Å². The fourth-order valence-corrected chi connectivity index (χ4v) is 3.29. The van der Waals surface area contributed by atoms with Crippen LogP contribution in [0.3, 0.4) is 0 Å². The highest BCUT2D eigenvalue weighted by Gasteiger charge is 2.51. The van der Waals surface area contributed by atoms with Crippen LogP contribution in [0.5, 0.6) is 0 Å². The first-order valence-electron chi connectivity index (χ1n) is 7.75. The molecular formula is C16H19N5O2. The highest BCUT2D eigenvalue weighted by Crippen LogP contribution is 2.33. The Balaban J connectivity index is 1.84. The second kappa shape index (κ2) is 5.54. The summed E-state index contributed by atoms with van der Waals surface area (Å²) in [5, 5.41) is 16.9. The van der Waals surface area contributed by atoms with Crippen molar-refractivity contribution in [2.45, 2.75) is 44.6 Å². The summed E-state index contributed by atoms with van der Waals surface area (Å²) in [5.41, 5.74) is 1.31. The Kier molecular flexibility index (Phi) is 3.68. The predicted octanol–water partition coefficient (Wildman–Crippen LogP) is 1.79. The quantitative estimate of drug-likeness (QED) is 0.666. The lowest BCUT2D eigenvalue weighted by Gasteiger charge is -2.29. The molecule has 23 heavy (non-hydrogen) atoms. The molecule has 3 rings (SSSR count). The average molecular weight is 313 g/mol. The molecule has 1 aliphatic heterocycles. The van der Waals surface area contributed by atoms with Gasteiger partial charge in [0.15, 0.2) is 0 Å². The predicted molar refractivity (Wildman–Crippen MR) is 83.7 cm³/mol. The first-order valence-corrected chi connectivity index (χ1v) is 7.75. The van der Waals surface area contributed by atoms with Crippen LogP contribution < -0.4 is 5.32 Å². The average Bonchev–Trinajstić information content (AvgIpc) is 2.94. The molecule has 0 radical (unpaired) electrons. The minimum Gasteiger partial charge on any atom is -0.339 e. The van der Waals surface area contributed by atoms with E-state index in [1.54, 1.807) is 17.7 Å². The third-order valence-electron chi connectivity index (χ3n) is 4.85. The number of nitrogens with zero attached hydrogens (tertiary/aromatic N) is 4. The Labute approximate surface area is 134 Å². The Bertz CT molecular complexity index is 734. The van der Waals surface area contributed by atoms with Crippen molar-refractivity contribution in [1.82, 2.24) is 14.9 Å². The van der Waals surface area contributed by atoms with E-state index in [1.807, 2.05) is 6.92 Å². The lowest BCUT2D eigenvalue weighted by molar-refractivity contribution is -0.132. The first kappa shape index (κ1) is 15.3. The van der Waals surface area contributed by atoms with Crippen LogP contribution in [0.2, 0.25) is 0 Å². The van der Waals surface area contributed by atoms with Gasteiger partial charge in [0.05, 0.1) is 6.21 Å². The maximum Gasteiger partial charge on any atom is 0.346 e. The molecule has 2 aliphatic rings. The molecule has 2 fully saturated rings. The molecule has 7 heteroatoms. The number of nitrogens with one attached hydrogen (secondary N) is 1. The Morgan fingerprint density at radius 2 is 2.04 bits per heavy atom. The monoisotopic (exact) mass is 313 g/mol. The molecule has 1 N–H and O–H groups in total. The van der Waals surface area contributed by atoms with Crippen LogP contribution in [0, 0.1) is 18.3 Å². The largest absolute Gasteiger partial charge is 0.346 e. The number of aromatic nitrogens is 1. The SMILES string of the molecule is Cc1c(/C=N\N2C(=O)NC3(CCCCC3)C2=O)cc(C#N)n1C. The summed E-state index contributed by atoms with van der Waals surface area (Å²) >= 11 is 0. The van der Waals surface area contributed by atoms with Crippen molar-refractivity contribution < 1.29 is 9.59 Å². The second-order valence-corrected chi connectivity index (χ2v) is 6.18. The van der Waals surface area contributed by atoms with E-state index in [1.165, 1.54) is 6.21 Å². The molecule has 1 aromatic rings. The molecule has 120 valence electrons. The molecule has 1 spiro atoms. The van der Waals surface area contributed by atoms with Crippen molar-refractivity contribution in [2.24, 2.45) is 12.1 Å². The van der Waals surface area contributed by atoms with Gasteiger partial charge in [-0.15, -0.1) is 5.01 Å². The van der Waals surface area contributed by atoms with E-state index in [9.17, 15) is 9.59 Å². The van der Waals surface area contributed by atoms with E-state index in [2.05, 4.69) is 16.5 Å². The zero-order valence-electron chi connectivity index (χ0n) is 13.3. The van der Waals surface area contributed by atoms with Crippen molar-refractivity contribution >= 4 is 18.2 Å². The number of amides is 3. The number of hydrogen-bond acceptors (Lipinski definition) is 4. The number of hydrogen-bond donors (Lipinski definition) is 1. The van der Waals surface area contributed by atoms with Crippen molar-refractivity contribution in [3.8, 4) is 6.07 Å². The summed E-state index contributed by atoms with van der Waals surface area (Å²) in [6.07, 6.45) is 5.78. The Morgan fingerprint density at radius 1 is 1.35 bits per heavy atom. The molecule has 3 amide bonds. The van der Waals surface area contributed by atoms with E-state index < -0.39 is 11.6 Å². The molecule has 1 aliphatic carbocycles. The van der Waals surface area contributed by atoms with Gasteiger partial charge in [-0.05, 0) is 25.8 Å². The molecule has 7 nitrogen and oxygen atoms in total. The van der Waals surface area contributed by atoms with Crippen LogP contribution in [0.1, 0.15) is 49.1 Å². The third-order valence-corrected chi connectivity index (χ3v) is 4.85. The highest BCUT2D eigenvalue weighted by atomic mass is 16.2. The van der Waals surface area contributed by atoms with Crippen LogP contribution in [-0.4, -0.2) is 33.3 Å². The highest BCUT2D eigenvalue weighted by molar-refractivity contribution is 6.07. The van der Waals surface area contributed by atoms with Gasteiger partial charge < -0.3 is 9.88 Å². The van der Waals surface area contributed by atoms with E-state index in [0.29, 0.717) is 24.1 Å². The van der Waals surface area contributed by atoms with E-state index in [0.717, 1.165) is 30.0 Å². The van der Waals surface area contributed by atoms with Gasteiger partial charge in [0.25, 0.3) is 5.91 Å². The second-order valence-electron chi connectivity index (χ2n) is 6.18. The number of carbonyl (C=O) groups is 2. The summed E-state index contributed by atoms with van der Waals surface area (Å²) < 4.78 is 1.75. The number of carbonyl (C=O) groups excluding carboxylic acids is 2. The van der Waals surface area contributed by atoms with Gasteiger partial charge in [0.1, 0.15) is 17.3 Å². The number of hydrazone groups is 1. The molecule has 2 heterocycles. The molecular weight excluding hydrogens is 294 g/mol. The smallest absolute Gasteiger partial charge is 0.339 e. The number of rotatable bonds is 2. The van der Waals surface area contributed by atoms with Crippen LogP contribution in [0.4, 0.5) is 4.79 Å². The van der Waals surface area contributed by atoms with Crippen LogP contribution in [0.15, 0.2) is 11.2 Å². The summed E-state index contributed by atoms with van der Waals surface area (Å²) in [6.45, 7) is 1.86. The lowest BCUT2D eigenvalue weighted by Crippen LogP contribution is -2.48. The minimum absolute atomic E-state index is 0.271. The van der Waals surface area contributed by atoms with Gasteiger partial charge in [-0.1, -0.05) is 19.3 Å². The fourth-order valence-electron chi connectivity index (χ4n) is 3.29. The third kappa shape index (κ3) is 2.40. The van der Waals surface area contributed by atoms with Gasteiger partial charge in [0.2, 0.25) is 0 Å². The van der Waals surface area contributed by atoms with Gasteiger partial charge in [-0.25, -0.2) is 4.79 Å². The first-order chi connectivity index (χ1) is 11.0. The van der Waals surface area contributed by atoms with Crippen LogP contribution in [-0.2, 0) is 11.8 Å². The standard InChI is InChI=1S/C16H19N5O2/c1-11-12(8-13(9-17)20(11)2)10-18-21-14(22)16(19-15(21)23)6-4-3-5-7-16/h8,10H,3-7H2,1-2H3,(H,19,23)/b18-10-. The van der Waals surface area contributed by atoms with Crippen molar-refractivity contribution in [3.05, 3.63) is 23.0 Å². The molecule has 0 bridgehead atoms. The normalized spacial score (nSPS) is 20.3. The van der Waals surface area contributed by atoms with Crippen LogP contribution >= 0.6 is 0 Å². The molecule has 0 unspecified atom stereocenters. The number of urea groups is 1. The van der Waals surface area contributed by atoms with E-state index in [-0.39, 0.29) is 5.91 Å². The maximum atomic E-state index is 12.6. The Morgan fingerprint density at radius 3 is 2.65 bits per heavy atom. The molecule has 1 saturated carbocycles. The maximum absolute atomic E-state index is 12.6. The fraction of sp³-hybridized carbons (Fsp3) is 0.500. The number of nitriles is 1. The van der Waals surface area contributed by atoms with Gasteiger partial charge >= 0.3 is 6.03 Å². The van der Waals surface area contributed by atoms with Crippen LogP contribution in [0.25, 0.3) is 0 Å². The van der Waals surface area contributed by atoms with Crippen molar-refractivity contribution in [3.63, 3.8) is 0 Å². The summed E-state index contributed by atoms with van der Waals surface area (Å²) in [7, 11) is 1.79. The summed E-state index contributed by atoms with van der Waals surface area (Å²) in [5.74, 6) is -0.271. The lowest BCUT2D eigenvalue weighted by atomic mass is 9.82. The van der Waals surface area contributed by atoms with E-state index >= 15 is 0 Å². The zero-order valence-corrected chi connectivity index (χ0v) is 13.3. The summed E-state index contributed by atoms with van der Waals surface area (Å²) in [6, 6.07) is 3.31. The van der Waals surface area contributed by atoms with Crippen molar-refractivity contribution in [1.29, 1.82) is 5.26 Å². The van der Waals surface area contributed by atoms with Gasteiger partial charge in [-0.2, -0.15) is 10.4 Å². The minimum atomic E-state index is -0.768. The molecule has 0 aromatic carbocycles. The zero-order chi connectivity index (χ0) is 16.6. The summed E-state index contributed by atoms with van der Waals surface area (Å²) in [4.78, 5) is 24.7. The molecule has 1 aromatic heterocycles. The number of imide groups is 1. The molecule has 1 saturated heterocycles. The van der Waals surface area contributed by atoms with Gasteiger partial charge in [-0.3, -0.25) is 4.79 Å². The Hall–Kier alpha value is -2.62. The van der Waals surface area contributed by atoms with Gasteiger partial charge in [0, 0.05) is 18.3 Å².